The van der Waals surface area contributed by atoms with Gasteiger partial charge in [-0.15, -0.1) is 10.2 Å². The highest BCUT2D eigenvalue weighted by Gasteiger charge is 2.07. The van der Waals surface area contributed by atoms with Crippen molar-refractivity contribution in [1.82, 2.24) is 10.2 Å². The molecule has 0 radical (unpaired) electrons. The molecule has 0 aliphatic heterocycles. The summed E-state index contributed by atoms with van der Waals surface area (Å²) >= 11 is 1.63. The Morgan fingerprint density at radius 2 is 1.72 bits per heavy atom. The zero-order valence-corrected chi connectivity index (χ0v) is 15.0. The van der Waals surface area contributed by atoms with E-state index in [1.54, 1.807) is 30.0 Å². The number of carbonyl (C=O) groups is 1. The van der Waals surface area contributed by atoms with E-state index in [4.69, 9.17) is 0 Å². The Labute approximate surface area is 151 Å². The first kappa shape index (κ1) is 17.2. The molecule has 3 rings (SSSR count). The van der Waals surface area contributed by atoms with Crippen LogP contribution in [-0.4, -0.2) is 16.1 Å². The van der Waals surface area contributed by atoms with Gasteiger partial charge in [0.15, 0.2) is 5.82 Å². The van der Waals surface area contributed by atoms with Gasteiger partial charge in [-0.3, -0.25) is 4.79 Å². The van der Waals surface area contributed by atoms with Crippen molar-refractivity contribution >= 4 is 23.5 Å². The van der Waals surface area contributed by atoms with Crippen LogP contribution in [0.5, 0.6) is 0 Å². The van der Waals surface area contributed by atoms with Crippen LogP contribution in [0.15, 0.2) is 65.7 Å². The van der Waals surface area contributed by atoms with Crippen molar-refractivity contribution in [2.75, 3.05) is 5.32 Å². The molecular formula is C20H19N3OS. The molecule has 5 heteroatoms. The summed E-state index contributed by atoms with van der Waals surface area (Å²) < 4.78 is 0. The molecule has 0 atom stereocenters. The highest BCUT2D eigenvalue weighted by Crippen LogP contribution is 2.22. The van der Waals surface area contributed by atoms with Crippen LogP contribution in [0.25, 0.3) is 0 Å². The monoisotopic (exact) mass is 349 g/mol. The lowest BCUT2D eigenvalue weighted by atomic mass is 10.1. The summed E-state index contributed by atoms with van der Waals surface area (Å²) in [6, 6.07) is 19.4. The summed E-state index contributed by atoms with van der Waals surface area (Å²) in [5.41, 5.74) is 4.27. The van der Waals surface area contributed by atoms with Gasteiger partial charge in [-0.05, 0) is 49.2 Å². The summed E-state index contributed by atoms with van der Waals surface area (Å²) in [5.74, 6) is 1.11. The van der Waals surface area contributed by atoms with E-state index in [0.717, 1.165) is 16.3 Å². The van der Waals surface area contributed by atoms with Crippen molar-refractivity contribution in [3.63, 3.8) is 0 Å². The highest BCUT2D eigenvalue weighted by atomic mass is 32.2. The number of thioether (sulfide) groups is 1. The van der Waals surface area contributed by atoms with Crippen LogP contribution in [-0.2, 0) is 5.75 Å². The fourth-order valence-corrected chi connectivity index (χ4v) is 3.17. The third kappa shape index (κ3) is 4.67. The molecule has 4 nitrogen and oxygen atoms in total. The summed E-state index contributed by atoms with van der Waals surface area (Å²) in [4.78, 5) is 12.2. The van der Waals surface area contributed by atoms with E-state index in [9.17, 15) is 4.79 Å². The fraction of sp³-hybridized carbons (Fsp3) is 0.150. The number of nitrogens with zero attached hydrogens (tertiary/aromatic N) is 2. The second-order valence-corrected chi connectivity index (χ2v) is 6.79. The topological polar surface area (TPSA) is 54.9 Å². The maximum atomic E-state index is 12.2. The minimum Gasteiger partial charge on any atom is -0.305 e. The number of nitrogens with one attached hydrogen (secondary N) is 1. The SMILES string of the molecule is Cc1ccc(C(=O)Nc2ccc(SCc3ccccc3C)nn2)cc1. The molecule has 0 unspecified atom stereocenters. The number of rotatable bonds is 5. The lowest BCUT2D eigenvalue weighted by Gasteiger charge is -2.06. The summed E-state index contributed by atoms with van der Waals surface area (Å²) in [6.07, 6.45) is 0. The van der Waals surface area contributed by atoms with E-state index in [0.29, 0.717) is 11.4 Å². The molecule has 0 spiro atoms. The number of carbonyl (C=O) groups excluding carboxylic acids is 1. The van der Waals surface area contributed by atoms with Crippen molar-refractivity contribution in [2.24, 2.45) is 0 Å². The lowest BCUT2D eigenvalue weighted by Crippen LogP contribution is -2.13. The second kappa shape index (κ2) is 7.94. The van der Waals surface area contributed by atoms with E-state index in [1.165, 1.54) is 11.1 Å². The smallest absolute Gasteiger partial charge is 0.256 e. The maximum Gasteiger partial charge on any atom is 0.256 e. The molecule has 2 aromatic carbocycles. The highest BCUT2D eigenvalue weighted by molar-refractivity contribution is 7.98. The number of anilines is 1. The molecule has 3 aromatic rings. The Hall–Kier alpha value is -2.66. The molecule has 0 saturated carbocycles. The fourth-order valence-electron chi connectivity index (χ4n) is 2.28. The predicted molar refractivity (Wildman–Crippen MR) is 102 cm³/mol. The van der Waals surface area contributed by atoms with Crippen LogP contribution in [0, 0.1) is 13.8 Å². The summed E-state index contributed by atoms with van der Waals surface area (Å²) in [5, 5.41) is 11.9. The van der Waals surface area contributed by atoms with Gasteiger partial charge in [0.1, 0.15) is 5.03 Å². The zero-order chi connectivity index (χ0) is 17.6. The Kier molecular flexibility index (Phi) is 5.46. The second-order valence-electron chi connectivity index (χ2n) is 5.79. The average molecular weight is 349 g/mol. The maximum absolute atomic E-state index is 12.2. The number of hydrogen-bond donors (Lipinski definition) is 1. The number of benzene rings is 2. The van der Waals surface area contributed by atoms with Gasteiger partial charge in [-0.1, -0.05) is 53.7 Å². The largest absolute Gasteiger partial charge is 0.305 e. The molecular weight excluding hydrogens is 330 g/mol. The normalized spacial score (nSPS) is 10.5. The third-order valence-electron chi connectivity index (χ3n) is 3.83. The number of aromatic nitrogens is 2. The van der Waals surface area contributed by atoms with Crippen LogP contribution in [0.2, 0.25) is 0 Å². The standard InChI is InChI=1S/C20H19N3OS/c1-14-7-9-16(10-8-14)20(24)21-18-11-12-19(23-22-18)25-13-17-6-4-3-5-15(17)2/h3-12H,13H2,1-2H3,(H,21,22,24). The Morgan fingerprint density at radius 3 is 2.40 bits per heavy atom. The van der Waals surface area contributed by atoms with Gasteiger partial charge < -0.3 is 5.32 Å². The minimum atomic E-state index is -0.186. The Balaban J connectivity index is 1.59. The van der Waals surface area contributed by atoms with Crippen LogP contribution in [0.3, 0.4) is 0 Å². The molecule has 0 fully saturated rings. The first-order valence-electron chi connectivity index (χ1n) is 8.01. The van der Waals surface area contributed by atoms with Gasteiger partial charge in [-0.25, -0.2) is 0 Å². The van der Waals surface area contributed by atoms with E-state index >= 15 is 0 Å². The van der Waals surface area contributed by atoms with Gasteiger partial charge >= 0.3 is 0 Å². The quantitative estimate of drug-likeness (QED) is 0.682. The molecule has 1 heterocycles. The van der Waals surface area contributed by atoms with Crippen molar-refractivity contribution in [1.29, 1.82) is 0 Å². The number of hydrogen-bond acceptors (Lipinski definition) is 4. The van der Waals surface area contributed by atoms with Crippen molar-refractivity contribution < 1.29 is 4.79 Å². The zero-order valence-electron chi connectivity index (χ0n) is 14.2. The third-order valence-corrected chi connectivity index (χ3v) is 4.80. The molecule has 126 valence electrons. The van der Waals surface area contributed by atoms with E-state index in [-0.39, 0.29) is 5.91 Å². The summed E-state index contributed by atoms with van der Waals surface area (Å²) in [7, 11) is 0. The number of amides is 1. The van der Waals surface area contributed by atoms with E-state index in [1.807, 2.05) is 37.3 Å². The predicted octanol–water partition coefficient (Wildman–Crippen LogP) is 4.64. The molecule has 1 amide bonds. The molecule has 1 aromatic heterocycles. The average Bonchev–Trinajstić information content (AvgIpc) is 2.63. The molecule has 0 aliphatic carbocycles. The minimum absolute atomic E-state index is 0.186. The molecule has 25 heavy (non-hydrogen) atoms. The molecule has 1 N–H and O–H groups in total. The van der Waals surface area contributed by atoms with Gasteiger partial charge in [0.2, 0.25) is 0 Å². The van der Waals surface area contributed by atoms with Crippen LogP contribution < -0.4 is 5.32 Å². The van der Waals surface area contributed by atoms with E-state index < -0.39 is 0 Å². The van der Waals surface area contributed by atoms with Crippen LogP contribution in [0.4, 0.5) is 5.82 Å². The first-order valence-corrected chi connectivity index (χ1v) is 8.99. The Morgan fingerprint density at radius 1 is 0.960 bits per heavy atom. The van der Waals surface area contributed by atoms with Crippen LogP contribution in [0.1, 0.15) is 27.0 Å². The molecule has 0 saturated heterocycles. The van der Waals surface area contributed by atoms with Crippen LogP contribution >= 0.6 is 11.8 Å². The van der Waals surface area contributed by atoms with Gasteiger partial charge in [0.25, 0.3) is 5.91 Å². The van der Waals surface area contributed by atoms with Crippen molar-refractivity contribution in [3.8, 4) is 0 Å². The summed E-state index contributed by atoms with van der Waals surface area (Å²) in [6.45, 7) is 4.09. The lowest BCUT2D eigenvalue weighted by molar-refractivity contribution is 0.102. The molecule has 0 bridgehead atoms. The Bertz CT molecular complexity index is 861. The first-order chi connectivity index (χ1) is 12.1. The van der Waals surface area contributed by atoms with Gasteiger partial charge in [0, 0.05) is 11.3 Å². The van der Waals surface area contributed by atoms with E-state index in [2.05, 4.69) is 34.6 Å². The van der Waals surface area contributed by atoms with Gasteiger partial charge in [-0.2, -0.15) is 0 Å². The van der Waals surface area contributed by atoms with Gasteiger partial charge in [0.05, 0.1) is 0 Å². The van der Waals surface area contributed by atoms with Crippen molar-refractivity contribution in [2.45, 2.75) is 24.6 Å². The molecule has 0 aliphatic rings. The number of aryl methyl sites for hydroxylation is 2. The van der Waals surface area contributed by atoms with Crippen molar-refractivity contribution in [3.05, 3.63) is 82.9 Å².